The number of rotatable bonds is 6. The molecule has 1 unspecified atom stereocenters. The van der Waals surface area contributed by atoms with Gasteiger partial charge in [0.05, 0.1) is 0 Å². The molecule has 1 atom stereocenters. The van der Waals surface area contributed by atoms with Gasteiger partial charge in [-0.05, 0) is 31.9 Å². The number of benzene rings is 2. The SMILES string of the molecule is Cc1cccc(CNc2nc(C)cc(NC(C)c3ccccc3)n2)c1. The van der Waals surface area contributed by atoms with Gasteiger partial charge >= 0.3 is 0 Å². The first-order chi connectivity index (χ1) is 12.1. The number of hydrogen-bond acceptors (Lipinski definition) is 4. The van der Waals surface area contributed by atoms with Crippen molar-refractivity contribution in [2.45, 2.75) is 33.4 Å². The molecule has 4 heteroatoms. The van der Waals surface area contributed by atoms with E-state index in [0.29, 0.717) is 12.5 Å². The first-order valence-corrected chi connectivity index (χ1v) is 8.57. The van der Waals surface area contributed by atoms with Gasteiger partial charge in [0.15, 0.2) is 0 Å². The molecule has 0 saturated heterocycles. The molecule has 1 heterocycles. The van der Waals surface area contributed by atoms with E-state index in [0.717, 1.165) is 11.5 Å². The zero-order valence-electron chi connectivity index (χ0n) is 15.0. The quantitative estimate of drug-likeness (QED) is 0.675. The van der Waals surface area contributed by atoms with Gasteiger partial charge in [0.25, 0.3) is 0 Å². The number of aryl methyl sites for hydroxylation is 2. The van der Waals surface area contributed by atoms with Crippen molar-refractivity contribution in [1.82, 2.24) is 9.97 Å². The Morgan fingerprint density at radius 3 is 2.48 bits per heavy atom. The Bertz CT molecular complexity index is 830. The van der Waals surface area contributed by atoms with Crippen molar-refractivity contribution in [1.29, 1.82) is 0 Å². The third-order valence-corrected chi connectivity index (χ3v) is 4.05. The minimum Gasteiger partial charge on any atom is -0.363 e. The van der Waals surface area contributed by atoms with E-state index in [1.54, 1.807) is 0 Å². The smallest absolute Gasteiger partial charge is 0.225 e. The summed E-state index contributed by atoms with van der Waals surface area (Å²) in [5.41, 5.74) is 4.64. The van der Waals surface area contributed by atoms with Crippen molar-refractivity contribution >= 4 is 11.8 Å². The van der Waals surface area contributed by atoms with Crippen LogP contribution in [0, 0.1) is 13.8 Å². The molecule has 0 radical (unpaired) electrons. The van der Waals surface area contributed by atoms with Gasteiger partial charge in [0.2, 0.25) is 5.95 Å². The first-order valence-electron chi connectivity index (χ1n) is 8.57. The third kappa shape index (κ3) is 4.80. The highest BCUT2D eigenvalue weighted by Crippen LogP contribution is 2.19. The molecule has 2 aromatic carbocycles. The van der Waals surface area contributed by atoms with E-state index in [-0.39, 0.29) is 6.04 Å². The normalized spacial score (nSPS) is 11.8. The highest BCUT2D eigenvalue weighted by atomic mass is 15.1. The molecule has 1 aromatic heterocycles. The average molecular weight is 332 g/mol. The fraction of sp³-hybridized carbons (Fsp3) is 0.238. The fourth-order valence-corrected chi connectivity index (χ4v) is 2.77. The summed E-state index contributed by atoms with van der Waals surface area (Å²) in [7, 11) is 0. The Balaban J connectivity index is 1.70. The van der Waals surface area contributed by atoms with Crippen molar-refractivity contribution in [3.63, 3.8) is 0 Å². The predicted molar refractivity (Wildman–Crippen MR) is 104 cm³/mol. The van der Waals surface area contributed by atoms with E-state index >= 15 is 0 Å². The summed E-state index contributed by atoms with van der Waals surface area (Å²) in [6.45, 7) is 6.92. The van der Waals surface area contributed by atoms with Crippen LogP contribution >= 0.6 is 0 Å². The highest BCUT2D eigenvalue weighted by Gasteiger charge is 2.08. The van der Waals surface area contributed by atoms with Crippen LogP contribution in [-0.4, -0.2) is 9.97 Å². The molecule has 0 bridgehead atoms. The van der Waals surface area contributed by atoms with Crippen LogP contribution < -0.4 is 10.6 Å². The van der Waals surface area contributed by atoms with Crippen molar-refractivity contribution in [3.8, 4) is 0 Å². The Morgan fingerprint density at radius 2 is 1.72 bits per heavy atom. The molecule has 0 amide bonds. The summed E-state index contributed by atoms with van der Waals surface area (Å²) in [6, 6.07) is 20.9. The topological polar surface area (TPSA) is 49.8 Å². The van der Waals surface area contributed by atoms with E-state index in [4.69, 9.17) is 0 Å². The molecular weight excluding hydrogens is 308 g/mol. The van der Waals surface area contributed by atoms with Gasteiger partial charge in [-0.15, -0.1) is 0 Å². The molecule has 0 fully saturated rings. The lowest BCUT2D eigenvalue weighted by Gasteiger charge is -2.16. The van der Waals surface area contributed by atoms with Crippen LogP contribution in [0.1, 0.15) is 35.3 Å². The molecule has 2 N–H and O–H groups in total. The lowest BCUT2D eigenvalue weighted by molar-refractivity contribution is 0.869. The summed E-state index contributed by atoms with van der Waals surface area (Å²) >= 11 is 0. The monoisotopic (exact) mass is 332 g/mol. The van der Waals surface area contributed by atoms with Crippen LogP contribution in [0.2, 0.25) is 0 Å². The van der Waals surface area contributed by atoms with Crippen LogP contribution in [0.4, 0.5) is 11.8 Å². The molecule has 128 valence electrons. The van der Waals surface area contributed by atoms with E-state index in [1.807, 2.05) is 31.2 Å². The molecule has 0 aliphatic carbocycles. The second-order valence-corrected chi connectivity index (χ2v) is 6.34. The Hall–Kier alpha value is -2.88. The Kier molecular flexibility index (Phi) is 5.29. The maximum Gasteiger partial charge on any atom is 0.225 e. The second kappa shape index (κ2) is 7.79. The Morgan fingerprint density at radius 1 is 0.920 bits per heavy atom. The number of nitrogens with one attached hydrogen (secondary N) is 2. The van der Waals surface area contributed by atoms with Crippen LogP contribution in [0.3, 0.4) is 0 Å². The first kappa shape index (κ1) is 17.0. The lowest BCUT2D eigenvalue weighted by atomic mass is 10.1. The molecule has 0 saturated carbocycles. The molecule has 0 aliphatic heterocycles. The van der Waals surface area contributed by atoms with Crippen molar-refractivity contribution in [2.75, 3.05) is 10.6 Å². The highest BCUT2D eigenvalue weighted by molar-refractivity contribution is 5.44. The largest absolute Gasteiger partial charge is 0.363 e. The average Bonchev–Trinajstić information content (AvgIpc) is 2.60. The van der Waals surface area contributed by atoms with E-state index in [9.17, 15) is 0 Å². The number of hydrogen-bond donors (Lipinski definition) is 2. The standard InChI is InChI=1S/C21H24N4/c1-15-8-7-9-18(12-15)14-22-21-23-16(2)13-20(25-21)24-17(3)19-10-5-4-6-11-19/h4-13,17H,14H2,1-3H3,(H2,22,23,24,25). The van der Waals surface area contributed by atoms with Gasteiger partial charge in [-0.1, -0.05) is 60.2 Å². The van der Waals surface area contributed by atoms with E-state index in [2.05, 4.69) is 70.8 Å². The fourth-order valence-electron chi connectivity index (χ4n) is 2.77. The zero-order chi connectivity index (χ0) is 17.6. The molecule has 3 rings (SSSR count). The minimum absolute atomic E-state index is 0.181. The molecular formula is C21H24N4. The number of aromatic nitrogens is 2. The maximum atomic E-state index is 4.60. The molecule has 0 aliphatic rings. The van der Waals surface area contributed by atoms with Crippen molar-refractivity contribution in [2.24, 2.45) is 0 Å². The van der Waals surface area contributed by atoms with Gasteiger partial charge in [-0.2, -0.15) is 4.98 Å². The van der Waals surface area contributed by atoms with Gasteiger partial charge in [0.1, 0.15) is 5.82 Å². The van der Waals surface area contributed by atoms with Gasteiger partial charge in [-0.3, -0.25) is 0 Å². The van der Waals surface area contributed by atoms with Gasteiger partial charge in [0, 0.05) is 24.3 Å². The van der Waals surface area contributed by atoms with Crippen molar-refractivity contribution < 1.29 is 0 Å². The minimum atomic E-state index is 0.181. The summed E-state index contributed by atoms with van der Waals surface area (Å²) in [4.78, 5) is 9.09. The summed E-state index contributed by atoms with van der Waals surface area (Å²) in [5, 5.41) is 6.78. The second-order valence-electron chi connectivity index (χ2n) is 6.34. The number of nitrogens with zero attached hydrogens (tertiary/aromatic N) is 2. The molecule has 0 spiro atoms. The van der Waals surface area contributed by atoms with Crippen LogP contribution in [0.15, 0.2) is 60.7 Å². The molecule has 3 aromatic rings. The van der Waals surface area contributed by atoms with Crippen LogP contribution in [0.5, 0.6) is 0 Å². The summed E-state index contributed by atoms with van der Waals surface area (Å²) < 4.78 is 0. The maximum absolute atomic E-state index is 4.60. The van der Waals surface area contributed by atoms with E-state index in [1.165, 1.54) is 16.7 Å². The summed E-state index contributed by atoms with van der Waals surface area (Å²) in [6.07, 6.45) is 0. The zero-order valence-corrected chi connectivity index (χ0v) is 15.0. The van der Waals surface area contributed by atoms with Gasteiger partial charge < -0.3 is 10.6 Å². The van der Waals surface area contributed by atoms with Crippen LogP contribution in [-0.2, 0) is 6.54 Å². The van der Waals surface area contributed by atoms with Crippen molar-refractivity contribution in [3.05, 3.63) is 83.0 Å². The third-order valence-electron chi connectivity index (χ3n) is 4.05. The van der Waals surface area contributed by atoms with E-state index < -0.39 is 0 Å². The number of anilines is 2. The molecule has 25 heavy (non-hydrogen) atoms. The summed E-state index contributed by atoms with van der Waals surface area (Å²) in [5.74, 6) is 1.47. The molecule has 4 nitrogen and oxygen atoms in total. The van der Waals surface area contributed by atoms with Gasteiger partial charge in [-0.25, -0.2) is 4.98 Å². The predicted octanol–water partition coefficient (Wildman–Crippen LogP) is 4.88. The Labute approximate surface area is 149 Å². The lowest BCUT2D eigenvalue weighted by Crippen LogP contribution is -2.11. The van der Waals surface area contributed by atoms with Crippen LogP contribution in [0.25, 0.3) is 0 Å².